The first-order valence-corrected chi connectivity index (χ1v) is 12.6. The van der Waals surface area contributed by atoms with Crippen LogP contribution in [-0.4, -0.2) is 68.6 Å². The van der Waals surface area contributed by atoms with Gasteiger partial charge in [0.15, 0.2) is 5.76 Å². The molecule has 2 N–H and O–H groups in total. The number of ether oxygens (including phenoxy) is 1. The second-order valence-electron chi connectivity index (χ2n) is 8.64. The van der Waals surface area contributed by atoms with Gasteiger partial charge in [0.2, 0.25) is 11.3 Å². The number of piperazine rings is 1. The fourth-order valence-electron chi connectivity index (χ4n) is 4.34. The molecule has 2 aromatic carbocycles. The summed E-state index contributed by atoms with van der Waals surface area (Å²) in [4.78, 5) is 13.2. The zero-order valence-corrected chi connectivity index (χ0v) is 21.2. The van der Waals surface area contributed by atoms with Crippen LogP contribution in [0.4, 0.5) is 5.69 Å². The summed E-state index contributed by atoms with van der Waals surface area (Å²) in [5.41, 5.74) is 3.64. The molecular formula is C26H29N3O6S. The van der Waals surface area contributed by atoms with E-state index < -0.39 is 23.3 Å². The van der Waals surface area contributed by atoms with Gasteiger partial charge in [-0.15, -0.1) is 4.41 Å². The van der Waals surface area contributed by atoms with Gasteiger partial charge in [0.05, 0.1) is 13.5 Å². The number of benzene rings is 2. The molecule has 0 saturated carbocycles. The van der Waals surface area contributed by atoms with E-state index >= 15 is 0 Å². The first kappa shape index (κ1) is 25.7. The number of nitrogens with zero attached hydrogens (tertiary/aromatic N) is 3. The Balaban J connectivity index is 1.41. The van der Waals surface area contributed by atoms with Gasteiger partial charge in [-0.1, -0.05) is 5.92 Å². The minimum absolute atomic E-state index is 0.212. The fourth-order valence-corrected chi connectivity index (χ4v) is 5.09. The maximum absolute atomic E-state index is 11.8. The molecule has 2 atom stereocenters. The third kappa shape index (κ3) is 5.71. The van der Waals surface area contributed by atoms with Gasteiger partial charge >= 0.3 is 5.97 Å². The van der Waals surface area contributed by atoms with Gasteiger partial charge in [0, 0.05) is 54.4 Å². The third-order valence-electron chi connectivity index (χ3n) is 6.24. The number of anilines is 1. The van der Waals surface area contributed by atoms with Gasteiger partial charge < -0.3 is 19.2 Å². The van der Waals surface area contributed by atoms with E-state index in [0.717, 1.165) is 33.5 Å². The number of carboxylic acids is 1. The van der Waals surface area contributed by atoms with E-state index in [1.807, 2.05) is 49.4 Å². The smallest absolute Gasteiger partial charge is 0.305 e. The maximum atomic E-state index is 11.8. The summed E-state index contributed by atoms with van der Waals surface area (Å²) < 4.78 is 34.0. The van der Waals surface area contributed by atoms with Crippen LogP contribution in [0.25, 0.3) is 11.0 Å². The van der Waals surface area contributed by atoms with Crippen molar-refractivity contribution in [3.63, 3.8) is 0 Å². The average molecular weight is 512 g/mol. The second-order valence-corrected chi connectivity index (χ2v) is 9.47. The number of hydrazine groups is 1. The second kappa shape index (κ2) is 11.1. The molecule has 1 saturated heterocycles. The molecule has 0 aliphatic carbocycles. The lowest BCUT2D eigenvalue weighted by Crippen LogP contribution is -2.57. The molecular weight excluding hydrogens is 482 g/mol. The highest BCUT2D eigenvalue weighted by Crippen LogP contribution is 2.28. The largest absolute Gasteiger partial charge is 0.497 e. The molecule has 190 valence electrons. The molecule has 36 heavy (non-hydrogen) atoms. The lowest BCUT2D eigenvalue weighted by atomic mass is 10.1. The van der Waals surface area contributed by atoms with Crippen LogP contribution in [0.15, 0.2) is 46.9 Å². The van der Waals surface area contributed by atoms with E-state index in [0.29, 0.717) is 31.9 Å². The van der Waals surface area contributed by atoms with Crippen LogP contribution in [0, 0.1) is 18.8 Å². The summed E-state index contributed by atoms with van der Waals surface area (Å²) >= 11 is -2.29. The van der Waals surface area contributed by atoms with Crippen molar-refractivity contribution in [3.05, 3.63) is 59.4 Å². The molecule has 0 bridgehead atoms. The van der Waals surface area contributed by atoms with Crippen molar-refractivity contribution in [3.8, 4) is 17.6 Å². The van der Waals surface area contributed by atoms with Gasteiger partial charge in [-0.05, 0) is 62.2 Å². The van der Waals surface area contributed by atoms with Crippen molar-refractivity contribution in [2.24, 2.45) is 0 Å². The number of furan rings is 1. The van der Waals surface area contributed by atoms with Crippen LogP contribution in [0.5, 0.6) is 5.75 Å². The van der Waals surface area contributed by atoms with Crippen molar-refractivity contribution < 1.29 is 27.8 Å². The van der Waals surface area contributed by atoms with Crippen molar-refractivity contribution >= 4 is 33.9 Å². The standard InChI is InChI=1S/C26H29N3O6S/c1-18(16-26(30)31)29(36(32)33)28-14-12-27(13-15-28)21-7-4-20(5-8-21)6-10-24-19(2)23-17-22(34-3)9-11-25(23)35-24/h4-5,7-9,11,17-18H,12-16H2,1-3H3,(H,30,31)(H,32,33). The number of aryl methyl sites for hydroxylation is 1. The molecule has 0 spiro atoms. The van der Waals surface area contributed by atoms with Gasteiger partial charge in [-0.2, -0.15) is 0 Å². The first-order valence-electron chi connectivity index (χ1n) is 11.6. The lowest BCUT2D eigenvalue weighted by Gasteiger charge is -2.41. The molecule has 1 aromatic heterocycles. The summed E-state index contributed by atoms with van der Waals surface area (Å²) in [5, 5.41) is 11.8. The molecule has 1 fully saturated rings. The molecule has 4 rings (SSSR count). The third-order valence-corrected chi connectivity index (χ3v) is 7.15. The summed E-state index contributed by atoms with van der Waals surface area (Å²) in [6.45, 7) is 5.91. The summed E-state index contributed by atoms with van der Waals surface area (Å²) in [7, 11) is 1.63. The Morgan fingerprint density at radius 3 is 2.47 bits per heavy atom. The highest BCUT2D eigenvalue weighted by atomic mass is 32.2. The number of hydrogen-bond donors (Lipinski definition) is 2. The Bertz CT molecular complexity index is 1320. The first-order chi connectivity index (χ1) is 17.3. The van der Waals surface area contributed by atoms with Crippen LogP contribution in [0.3, 0.4) is 0 Å². The van der Waals surface area contributed by atoms with Crippen LogP contribution >= 0.6 is 0 Å². The molecule has 1 aliphatic heterocycles. The van der Waals surface area contributed by atoms with E-state index in [4.69, 9.17) is 14.3 Å². The Morgan fingerprint density at radius 1 is 1.17 bits per heavy atom. The van der Waals surface area contributed by atoms with E-state index in [1.54, 1.807) is 19.0 Å². The highest BCUT2D eigenvalue weighted by Gasteiger charge is 2.30. The Morgan fingerprint density at radius 2 is 1.86 bits per heavy atom. The number of rotatable bonds is 7. The van der Waals surface area contributed by atoms with Crippen LogP contribution < -0.4 is 9.64 Å². The van der Waals surface area contributed by atoms with Crippen LogP contribution in [0.2, 0.25) is 0 Å². The highest BCUT2D eigenvalue weighted by molar-refractivity contribution is 7.76. The van der Waals surface area contributed by atoms with E-state index in [9.17, 15) is 13.6 Å². The minimum Gasteiger partial charge on any atom is -0.497 e. The number of carbonyl (C=O) groups is 1. The quantitative estimate of drug-likeness (QED) is 0.367. The van der Waals surface area contributed by atoms with Crippen molar-refractivity contribution in [2.75, 3.05) is 38.2 Å². The zero-order valence-electron chi connectivity index (χ0n) is 20.4. The molecule has 3 aromatic rings. The molecule has 1 aliphatic rings. The number of hydrogen-bond acceptors (Lipinski definition) is 6. The molecule has 2 heterocycles. The monoisotopic (exact) mass is 511 g/mol. The Kier molecular flexibility index (Phi) is 7.96. The van der Waals surface area contributed by atoms with E-state index in [-0.39, 0.29) is 6.42 Å². The minimum atomic E-state index is -2.29. The topological polar surface area (TPSA) is 107 Å². The van der Waals surface area contributed by atoms with Crippen molar-refractivity contribution in [1.29, 1.82) is 0 Å². The summed E-state index contributed by atoms with van der Waals surface area (Å²) in [6.07, 6.45) is -0.212. The summed E-state index contributed by atoms with van der Waals surface area (Å²) in [6, 6.07) is 13.0. The zero-order chi connectivity index (χ0) is 25.8. The Labute approximate surface area is 212 Å². The predicted molar refractivity (Wildman–Crippen MR) is 138 cm³/mol. The van der Waals surface area contributed by atoms with Gasteiger partial charge in [-0.25, -0.2) is 9.22 Å². The van der Waals surface area contributed by atoms with Gasteiger partial charge in [0.1, 0.15) is 11.3 Å². The number of fused-ring (bicyclic) bond motifs is 1. The van der Waals surface area contributed by atoms with Crippen molar-refractivity contribution in [1.82, 2.24) is 9.42 Å². The molecule has 10 heteroatoms. The van der Waals surface area contributed by atoms with Crippen LogP contribution in [0.1, 0.15) is 30.2 Å². The number of aliphatic carboxylic acids is 1. The fraction of sp³-hybridized carbons (Fsp3) is 0.346. The summed E-state index contributed by atoms with van der Waals surface area (Å²) in [5.74, 6) is 6.69. The van der Waals surface area contributed by atoms with E-state index in [2.05, 4.69) is 16.7 Å². The number of methoxy groups -OCH3 is 1. The maximum Gasteiger partial charge on any atom is 0.305 e. The normalized spacial score (nSPS) is 16.0. The lowest BCUT2D eigenvalue weighted by molar-refractivity contribution is -0.139. The van der Waals surface area contributed by atoms with Crippen molar-refractivity contribution in [2.45, 2.75) is 26.3 Å². The van der Waals surface area contributed by atoms with Gasteiger partial charge in [0.25, 0.3) is 0 Å². The van der Waals surface area contributed by atoms with Gasteiger partial charge in [-0.3, -0.25) is 9.35 Å². The van der Waals surface area contributed by atoms with E-state index in [1.165, 1.54) is 4.41 Å². The number of carboxylic acid groups (broad SMARTS) is 1. The molecule has 0 radical (unpaired) electrons. The molecule has 9 nitrogen and oxygen atoms in total. The predicted octanol–water partition coefficient (Wildman–Crippen LogP) is 3.49. The molecule has 2 unspecified atom stereocenters. The SMILES string of the molecule is COc1ccc2oc(C#Cc3ccc(N4CCN(N(C(C)CC(=O)O)S(=O)O)CC4)cc3)c(C)c2c1. The van der Waals surface area contributed by atoms with Crippen LogP contribution in [-0.2, 0) is 16.1 Å². The Hall–Kier alpha value is -3.36. The molecule has 0 amide bonds. The average Bonchev–Trinajstić information content (AvgIpc) is 3.17.